The molecule has 0 atom stereocenters. The number of hydrogen-bond donors (Lipinski definition) is 0. The lowest BCUT2D eigenvalue weighted by molar-refractivity contribution is 0.898. The molecular formula is C19H13N5S. The molecule has 0 aliphatic heterocycles. The number of aromatic nitrogens is 5. The number of para-hydroxylation sites is 1. The van der Waals surface area contributed by atoms with Crippen molar-refractivity contribution in [1.82, 2.24) is 24.8 Å². The van der Waals surface area contributed by atoms with Gasteiger partial charge in [0, 0.05) is 16.5 Å². The molecule has 5 rings (SSSR count). The molecule has 0 spiro atoms. The van der Waals surface area contributed by atoms with Gasteiger partial charge in [-0.2, -0.15) is 9.61 Å². The fourth-order valence-corrected chi connectivity index (χ4v) is 3.85. The Balaban J connectivity index is 1.81. The van der Waals surface area contributed by atoms with Gasteiger partial charge in [0.05, 0.1) is 11.2 Å². The number of aryl methyl sites for hydroxylation is 1. The van der Waals surface area contributed by atoms with Crippen molar-refractivity contribution in [3.63, 3.8) is 0 Å². The van der Waals surface area contributed by atoms with E-state index in [4.69, 9.17) is 10.1 Å². The van der Waals surface area contributed by atoms with Crippen molar-refractivity contribution in [3.05, 3.63) is 66.5 Å². The summed E-state index contributed by atoms with van der Waals surface area (Å²) in [6.45, 7) is 1.91. The van der Waals surface area contributed by atoms with Crippen molar-refractivity contribution in [2.45, 2.75) is 6.92 Å². The molecule has 0 N–H and O–H groups in total. The second-order valence-corrected chi connectivity index (χ2v) is 6.74. The maximum atomic E-state index is 4.83. The van der Waals surface area contributed by atoms with Crippen LogP contribution in [0.25, 0.3) is 37.7 Å². The molecule has 0 saturated heterocycles. The predicted molar refractivity (Wildman–Crippen MR) is 99.6 cm³/mol. The van der Waals surface area contributed by atoms with Crippen LogP contribution >= 0.6 is 11.3 Å². The normalized spacial score (nSPS) is 11.4. The topological polar surface area (TPSA) is 56.0 Å². The van der Waals surface area contributed by atoms with E-state index in [9.17, 15) is 0 Å². The highest BCUT2D eigenvalue weighted by Crippen LogP contribution is 2.34. The second kappa shape index (κ2) is 5.46. The Bertz CT molecular complexity index is 1210. The summed E-state index contributed by atoms with van der Waals surface area (Å²) in [5.41, 5.74) is 4.06. The highest BCUT2D eigenvalue weighted by Gasteiger charge is 2.15. The van der Waals surface area contributed by atoms with Crippen LogP contribution in [0.3, 0.4) is 0 Å². The van der Waals surface area contributed by atoms with Crippen LogP contribution in [-0.4, -0.2) is 24.8 Å². The van der Waals surface area contributed by atoms with Crippen LogP contribution in [0.1, 0.15) is 5.82 Å². The average molecular weight is 343 g/mol. The van der Waals surface area contributed by atoms with Gasteiger partial charge in [-0.15, -0.1) is 10.2 Å². The Morgan fingerprint density at radius 3 is 2.56 bits per heavy atom. The minimum Gasteiger partial charge on any atom is -0.248 e. The van der Waals surface area contributed by atoms with Crippen molar-refractivity contribution in [2.75, 3.05) is 0 Å². The number of nitrogens with zero attached hydrogens (tertiary/aromatic N) is 5. The maximum Gasteiger partial charge on any atom is 0.234 e. The van der Waals surface area contributed by atoms with Crippen molar-refractivity contribution in [2.24, 2.45) is 0 Å². The second-order valence-electron chi connectivity index (χ2n) is 5.79. The minimum absolute atomic E-state index is 0.791. The Hall–Kier alpha value is -3.12. The monoisotopic (exact) mass is 343 g/mol. The molecule has 0 radical (unpaired) electrons. The summed E-state index contributed by atoms with van der Waals surface area (Å²) in [4.78, 5) is 5.63. The molecular weight excluding hydrogens is 330 g/mol. The maximum absolute atomic E-state index is 4.83. The molecule has 0 unspecified atom stereocenters. The Kier molecular flexibility index (Phi) is 3.11. The SMILES string of the molecule is Cc1nnc2sc(-c3cc(-c4ccccc4)nc4ccccc34)nn12. The highest BCUT2D eigenvalue weighted by atomic mass is 32.1. The van der Waals surface area contributed by atoms with E-state index in [-0.39, 0.29) is 0 Å². The first-order valence-corrected chi connectivity index (χ1v) is 8.76. The van der Waals surface area contributed by atoms with Gasteiger partial charge < -0.3 is 0 Å². The smallest absolute Gasteiger partial charge is 0.234 e. The molecule has 6 heteroatoms. The van der Waals surface area contributed by atoms with Crippen molar-refractivity contribution >= 4 is 27.2 Å². The summed E-state index contributed by atoms with van der Waals surface area (Å²) in [5, 5.41) is 15.0. The van der Waals surface area contributed by atoms with Crippen LogP contribution < -0.4 is 0 Å². The molecule has 0 saturated carbocycles. The van der Waals surface area contributed by atoms with Gasteiger partial charge in [-0.3, -0.25) is 0 Å². The summed E-state index contributed by atoms with van der Waals surface area (Å²) in [6, 6.07) is 20.5. The average Bonchev–Trinajstić information content (AvgIpc) is 3.24. The van der Waals surface area contributed by atoms with E-state index < -0.39 is 0 Å². The number of hydrogen-bond acceptors (Lipinski definition) is 5. The summed E-state index contributed by atoms with van der Waals surface area (Å²) in [7, 11) is 0. The first-order chi connectivity index (χ1) is 12.3. The van der Waals surface area contributed by atoms with Gasteiger partial charge in [-0.25, -0.2) is 4.98 Å². The van der Waals surface area contributed by atoms with E-state index in [1.54, 1.807) is 15.9 Å². The predicted octanol–water partition coefficient (Wildman–Crippen LogP) is 4.38. The Labute approximate surface area is 147 Å². The third-order valence-corrected chi connectivity index (χ3v) is 5.09. The van der Waals surface area contributed by atoms with Gasteiger partial charge in [0.25, 0.3) is 0 Å². The van der Waals surface area contributed by atoms with E-state index >= 15 is 0 Å². The lowest BCUT2D eigenvalue weighted by atomic mass is 10.0. The fourth-order valence-electron chi connectivity index (χ4n) is 2.93. The zero-order chi connectivity index (χ0) is 16.8. The quantitative estimate of drug-likeness (QED) is 0.477. The highest BCUT2D eigenvalue weighted by molar-refractivity contribution is 7.19. The zero-order valence-electron chi connectivity index (χ0n) is 13.4. The molecule has 5 nitrogen and oxygen atoms in total. The fraction of sp³-hybridized carbons (Fsp3) is 0.0526. The van der Waals surface area contributed by atoms with Gasteiger partial charge in [0.15, 0.2) is 5.82 Å². The van der Waals surface area contributed by atoms with Crippen molar-refractivity contribution in [1.29, 1.82) is 0 Å². The van der Waals surface area contributed by atoms with Crippen LogP contribution in [0.2, 0.25) is 0 Å². The van der Waals surface area contributed by atoms with Gasteiger partial charge >= 0.3 is 0 Å². The third-order valence-electron chi connectivity index (χ3n) is 4.16. The first kappa shape index (κ1) is 14.2. The number of fused-ring (bicyclic) bond motifs is 2. The molecule has 2 aromatic carbocycles. The van der Waals surface area contributed by atoms with Crippen LogP contribution in [0.4, 0.5) is 0 Å². The summed E-state index contributed by atoms with van der Waals surface area (Å²) in [5.74, 6) is 0.791. The van der Waals surface area contributed by atoms with E-state index in [1.807, 2.05) is 43.3 Å². The van der Waals surface area contributed by atoms with Crippen LogP contribution in [0.5, 0.6) is 0 Å². The molecule has 25 heavy (non-hydrogen) atoms. The molecule has 5 aromatic rings. The zero-order valence-corrected chi connectivity index (χ0v) is 14.2. The Morgan fingerprint density at radius 1 is 0.920 bits per heavy atom. The van der Waals surface area contributed by atoms with Crippen LogP contribution in [0.15, 0.2) is 60.7 Å². The number of pyridine rings is 1. The third kappa shape index (κ3) is 2.30. The molecule has 3 aromatic heterocycles. The number of benzene rings is 2. The van der Waals surface area contributed by atoms with Crippen LogP contribution in [0, 0.1) is 6.92 Å². The van der Waals surface area contributed by atoms with Crippen LogP contribution in [-0.2, 0) is 0 Å². The molecule has 0 aliphatic carbocycles. The number of rotatable bonds is 2. The molecule has 0 aliphatic rings. The van der Waals surface area contributed by atoms with Gasteiger partial charge in [-0.05, 0) is 19.1 Å². The van der Waals surface area contributed by atoms with Gasteiger partial charge in [0.2, 0.25) is 4.96 Å². The summed E-state index contributed by atoms with van der Waals surface area (Å²) < 4.78 is 1.79. The van der Waals surface area contributed by atoms with Crippen molar-refractivity contribution in [3.8, 4) is 21.8 Å². The van der Waals surface area contributed by atoms with Gasteiger partial charge in [-0.1, -0.05) is 59.9 Å². The molecule has 0 bridgehead atoms. The van der Waals surface area contributed by atoms with E-state index in [1.165, 1.54) is 0 Å². The first-order valence-electron chi connectivity index (χ1n) is 7.94. The summed E-state index contributed by atoms with van der Waals surface area (Å²) >= 11 is 1.54. The standard InChI is InChI=1S/C19H13N5S/c1-12-21-22-19-24(12)23-18(25-19)15-11-17(13-7-3-2-4-8-13)20-16-10-6-5-9-14(15)16/h2-11H,1H3. The minimum atomic E-state index is 0.791. The van der Waals surface area contributed by atoms with Gasteiger partial charge in [0.1, 0.15) is 5.01 Å². The molecule has 3 heterocycles. The van der Waals surface area contributed by atoms with E-state index in [2.05, 4.69) is 34.5 Å². The molecule has 0 amide bonds. The molecule has 120 valence electrons. The summed E-state index contributed by atoms with van der Waals surface area (Å²) in [6.07, 6.45) is 0. The lowest BCUT2D eigenvalue weighted by Gasteiger charge is -2.08. The Morgan fingerprint density at radius 2 is 1.72 bits per heavy atom. The van der Waals surface area contributed by atoms with Crippen molar-refractivity contribution < 1.29 is 0 Å². The van der Waals surface area contributed by atoms with E-state index in [0.29, 0.717) is 0 Å². The largest absolute Gasteiger partial charge is 0.248 e. The lowest BCUT2D eigenvalue weighted by Crippen LogP contribution is -1.92. The molecule has 0 fully saturated rings. The van der Waals surface area contributed by atoms with E-state index in [0.717, 1.165) is 43.5 Å².